The van der Waals surface area contributed by atoms with Crippen LogP contribution in [0, 0.1) is 11.6 Å². The second-order valence-electron chi connectivity index (χ2n) is 4.43. The number of esters is 1. The first-order chi connectivity index (χ1) is 9.95. The molecule has 0 aliphatic carbocycles. The van der Waals surface area contributed by atoms with E-state index in [1.54, 1.807) is 6.92 Å². The van der Waals surface area contributed by atoms with E-state index < -0.39 is 35.2 Å². The van der Waals surface area contributed by atoms with Gasteiger partial charge in [0.1, 0.15) is 11.6 Å². The summed E-state index contributed by atoms with van der Waals surface area (Å²) >= 11 is 0. The maximum Gasteiger partial charge on any atom is 0.338 e. The van der Waals surface area contributed by atoms with E-state index in [4.69, 9.17) is 4.74 Å². The molecule has 0 radical (unpaired) electrons. The fraction of sp³-hybridized carbons (Fsp3) is 0.286. The molecule has 21 heavy (non-hydrogen) atoms. The Kier molecular flexibility index (Phi) is 4.21. The SMILES string of the molecule is CCOC(=O)C1=C(C)NC(=O)NC1c1c(F)cccc1F. The molecule has 2 N–H and O–H groups in total. The number of benzene rings is 1. The van der Waals surface area contributed by atoms with Crippen molar-refractivity contribution in [3.05, 3.63) is 46.7 Å². The number of urea groups is 1. The molecule has 1 aromatic rings. The Bertz CT molecular complexity index is 608. The molecule has 0 spiro atoms. The van der Waals surface area contributed by atoms with Crippen LogP contribution in [0.2, 0.25) is 0 Å². The zero-order valence-corrected chi connectivity index (χ0v) is 11.5. The second-order valence-corrected chi connectivity index (χ2v) is 4.43. The van der Waals surface area contributed by atoms with Crippen molar-refractivity contribution in [3.8, 4) is 0 Å². The Labute approximate surface area is 120 Å². The normalized spacial score (nSPS) is 18.1. The maximum absolute atomic E-state index is 13.9. The van der Waals surface area contributed by atoms with E-state index in [0.717, 1.165) is 12.1 Å². The zero-order chi connectivity index (χ0) is 15.6. The molecule has 1 aliphatic heterocycles. The van der Waals surface area contributed by atoms with Gasteiger partial charge in [0.25, 0.3) is 0 Å². The van der Waals surface area contributed by atoms with E-state index in [1.165, 1.54) is 13.0 Å². The third-order valence-corrected chi connectivity index (χ3v) is 3.05. The van der Waals surface area contributed by atoms with Crippen LogP contribution in [-0.4, -0.2) is 18.6 Å². The zero-order valence-electron chi connectivity index (χ0n) is 11.5. The van der Waals surface area contributed by atoms with E-state index >= 15 is 0 Å². The molecular weight excluding hydrogens is 282 g/mol. The lowest BCUT2D eigenvalue weighted by Gasteiger charge is -2.28. The molecule has 2 rings (SSSR count). The molecule has 7 heteroatoms. The number of halogens is 2. The fourth-order valence-electron chi connectivity index (χ4n) is 2.18. The minimum absolute atomic E-state index is 0.0274. The minimum atomic E-state index is -1.24. The average molecular weight is 296 g/mol. The number of carbonyl (C=O) groups is 2. The Balaban J connectivity index is 2.55. The van der Waals surface area contributed by atoms with Gasteiger partial charge in [-0.1, -0.05) is 6.07 Å². The second kappa shape index (κ2) is 5.90. The number of amides is 2. The van der Waals surface area contributed by atoms with Gasteiger partial charge in [0, 0.05) is 5.70 Å². The summed E-state index contributed by atoms with van der Waals surface area (Å²) in [6, 6.07) is 1.44. The molecule has 0 saturated heterocycles. The summed E-state index contributed by atoms with van der Waals surface area (Å²) in [4.78, 5) is 23.6. The summed E-state index contributed by atoms with van der Waals surface area (Å²) in [5, 5.41) is 4.74. The Hall–Kier alpha value is -2.44. The Morgan fingerprint density at radius 2 is 1.95 bits per heavy atom. The van der Waals surface area contributed by atoms with Gasteiger partial charge < -0.3 is 15.4 Å². The number of nitrogens with one attached hydrogen (secondary N) is 2. The highest BCUT2D eigenvalue weighted by Crippen LogP contribution is 2.31. The molecule has 1 atom stereocenters. The average Bonchev–Trinajstić information content (AvgIpc) is 2.37. The van der Waals surface area contributed by atoms with Crippen LogP contribution in [0.1, 0.15) is 25.5 Å². The fourth-order valence-corrected chi connectivity index (χ4v) is 2.18. The highest BCUT2D eigenvalue weighted by Gasteiger charge is 2.35. The first-order valence-electron chi connectivity index (χ1n) is 6.35. The smallest absolute Gasteiger partial charge is 0.338 e. The van der Waals surface area contributed by atoms with Crippen LogP contribution in [0.3, 0.4) is 0 Å². The van der Waals surface area contributed by atoms with Gasteiger partial charge in [-0.3, -0.25) is 0 Å². The first-order valence-corrected chi connectivity index (χ1v) is 6.35. The summed E-state index contributed by atoms with van der Waals surface area (Å²) in [5.41, 5.74) is -0.222. The van der Waals surface area contributed by atoms with Gasteiger partial charge >= 0.3 is 12.0 Å². The van der Waals surface area contributed by atoms with Crippen molar-refractivity contribution in [2.75, 3.05) is 6.61 Å². The molecule has 1 unspecified atom stereocenters. The van der Waals surface area contributed by atoms with E-state index in [2.05, 4.69) is 10.6 Å². The lowest BCUT2D eigenvalue weighted by atomic mass is 9.94. The molecule has 0 bridgehead atoms. The van der Waals surface area contributed by atoms with Crippen molar-refractivity contribution in [1.82, 2.24) is 10.6 Å². The van der Waals surface area contributed by atoms with E-state index in [0.29, 0.717) is 0 Å². The molecule has 0 aromatic heterocycles. The minimum Gasteiger partial charge on any atom is -0.463 e. The highest BCUT2D eigenvalue weighted by molar-refractivity contribution is 5.95. The molecule has 5 nitrogen and oxygen atoms in total. The van der Waals surface area contributed by atoms with Gasteiger partial charge in [0.15, 0.2) is 0 Å². The van der Waals surface area contributed by atoms with Crippen molar-refractivity contribution in [2.45, 2.75) is 19.9 Å². The van der Waals surface area contributed by atoms with E-state index in [-0.39, 0.29) is 17.9 Å². The molecular formula is C14H14F2N2O3. The van der Waals surface area contributed by atoms with Crippen LogP contribution in [0.15, 0.2) is 29.5 Å². The summed E-state index contributed by atoms with van der Waals surface area (Å²) < 4.78 is 32.7. The van der Waals surface area contributed by atoms with Gasteiger partial charge in [-0.15, -0.1) is 0 Å². The molecule has 2 amide bonds. The summed E-state index contributed by atoms with van der Waals surface area (Å²) in [6.07, 6.45) is 0. The molecule has 1 aromatic carbocycles. The number of carbonyl (C=O) groups excluding carboxylic acids is 2. The summed E-state index contributed by atoms with van der Waals surface area (Å²) in [7, 11) is 0. The van der Waals surface area contributed by atoms with Crippen LogP contribution < -0.4 is 10.6 Å². The van der Waals surface area contributed by atoms with Crippen molar-refractivity contribution < 1.29 is 23.1 Å². The molecule has 0 saturated carbocycles. The number of rotatable bonds is 3. The number of hydrogen-bond acceptors (Lipinski definition) is 3. The Morgan fingerprint density at radius 1 is 1.33 bits per heavy atom. The van der Waals surface area contributed by atoms with Crippen LogP contribution in [0.25, 0.3) is 0 Å². The van der Waals surface area contributed by atoms with Gasteiger partial charge in [-0.05, 0) is 26.0 Å². The van der Waals surface area contributed by atoms with Crippen molar-refractivity contribution in [3.63, 3.8) is 0 Å². The van der Waals surface area contributed by atoms with E-state index in [9.17, 15) is 18.4 Å². The Morgan fingerprint density at radius 3 is 2.52 bits per heavy atom. The van der Waals surface area contributed by atoms with Crippen molar-refractivity contribution in [1.29, 1.82) is 0 Å². The topological polar surface area (TPSA) is 67.4 Å². The predicted octanol–water partition coefficient (Wildman–Crippen LogP) is 2.16. The maximum atomic E-state index is 13.9. The lowest BCUT2D eigenvalue weighted by molar-refractivity contribution is -0.139. The van der Waals surface area contributed by atoms with Crippen LogP contribution in [-0.2, 0) is 9.53 Å². The number of hydrogen-bond donors (Lipinski definition) is 2. The summed E-state index contributed by atoms with van der Waals surface area (Å²) in [6.45, 7) is 3.19. The largest absolute Gasteiger partial charge is 0.463 e. The third-order valence-electron chi connectivity index (χ3n) is 3.05. The van der Waals surface area contributed by atoms with Gasteiger partial charge in [0.05, 0.1) is 23.8 Å². The van der Waals surface area contributed by atoms with Gasteiger partial charge in [0.2, 0.25) is 0 Å². The van der Waals surface area contributed by atoms with Crippen LogP contribution >= 0.6 is 0 Å². The molecule has 1 aliphatic rings. The molecule has 112 valence electrons. The molecule has 0 fully saturated rings. The standard InChI is InChI=1S/C14H14F2N2O3/c1-3-21-13(19)10-7(2)17-14(20)18-12(10)11-8(15)5-4-6-9(11)16/h4-6,12H,3H2,1-2H3,(H2,17,18,20). The first kappa shape index (κ1) is 15.0. The van der Waals surface area contributed by atoms with Crippen molar-refractivity contribution >= 4 is 12.0 Å². The van der Waals surface area contributed by atoms with Gasteiger partial charge in [-0.2, -0.15) is 0 Å². The van der Waals surface area contributed by atoms with E-state index in [1.807, 2.05) is 0 Å². The number of ether oxygens (including phenoxy) is 1. The van der Waals surface area contributed by atoms with Crippen LogP contribution in [0.5, 0.6) is 0 Å². The summed E-state index contributed by atoms with van der Waals surface area (Å²) in [5.74, 6) is -2.44. The highest BCUT2D eigenvalue weighted by atomic mass is 19.1. The number of allylic oxidation sites excluding steroid dienone is 1. The monoisotopic (exact) mass is 296 g/mol. The molecule has 1 heterocycles. The van der Waals surface area contributed by atoms with Gasteiger partial charge in [-0.25, -0.2) is 18.4 Å². The van der Waals surface area contributed by atoms with Crippen molar-refractivity contribution in [2.24, 2.45) is 0 Å². The lowest BCUT2D eigenvalue weighted by Crippen LogP contribution is -2.45. The predicted molar refractivity (Wildman–Crippen MR) is 70.1 cm³/mol. The van der Waals surface area contributed by atoms with Crippen LogP contribution in [0.4, 0.5) is 13.6 Å². The quantitative estimate of drug-likeness (QED) is 0.840. The third kappa shape index (κ3) is 2.86.